The van der Waals surface area contributed by atoms with Gasteiger partial charge in [-0.15, -0.1) is 12.4 Å². The highest BCUT2D eigenvalue weighted by molar-refractivity contribution is 5.94. The summed E-state index contributed by atoms with van der Waals surface area (Å²) in [6, 6.07) is 10.6. The highest BCUT2D eigenvalue weighted by Gasteiger charge is 2.05. The van der Waals surface area contributed by atoms with Gasteiger partial charge in [0.1, 0.15) is 11.6 Å². The van der Waals surface area contributed by atoms with Gasteiger partial charge >= 0.3 is 0 Å². The number of nitrogens with two attached hydrogens (primary N) is 1. The minimum atomic E-state index is -0.365. The van der Waals surface area contributed by atoms with Crippen LogP contribution in [0, 0.1) is 5.41 Å². The van der Waals surface area contributed by atoms with Crippen LogP contribution in [0.3, 0.4) is 0 Å². The monoisotopic (exact) mass is 279 g/mol. The predicted octanol–water partition coefficient (Wildman–Crippen LogP) is 1.76. The molecule has 0 aliphatic heterocycles. The molecule has 0 radical (unpaired) electrons. The van der Waals surface area contributed by atoms with Gasteiger partial charge in [-0.05, 0) is 42.0 Å². The minimum absolute atomic E-state index is 0. The van der Waals surface area contributed by atoms with E-state index in [-0.39, 0.29) is 29.4 Å². The van der Waals surface area contributed by atoms with Crippen LogP contribution in [0.5, 0.6) is 5.75 Å². The summed E-state index contributed by atoms with van der Waals surface area (Å²) in [5.41, 5.74) is 6.63. The molecule has 19 heavy (non-hydrogen) atoms. The van der Waals surface area contributed by atoms with Crippen molar-refractivity contribution in [2.75, 3.05) is 7.11 Å². The summed E-state index contributed by atoms with van der Waals surface area (Å²) in [7, 11) is 1.60. The van der Waals surface area contributed by atoms with Gasteiger partial charge in [0.15, 0.2) is 0 Å². The van der Waals surface area contributed by atoms with Crippen LogP contribution in [-0.2, 0) is 0 Å². The van der Waals surface area contributed by atoms with Crippen molar-refractivity contribution >= 4 is 18.2 Å². The largest absolute Gasteiger partial charge is 0.497 e. The Morgan fingerprint density at radius 2 is 1.84 bits per heavy atom. The summed E-state index contributed by atoms with van der Waals surface area (Å²) in [6.45, 7) is 0. The molecular weight excluding hydrogens is 266 g/mol. The third-order valence-corrected chi connectivity index (χ3v) is 2.60. The number of amidine groups is 1. The van der Waals surface area contributed by atoms with Crippen molar-refractivity contribution in [2.45, 2.75) is 0 Å². The second-order valence-electron chi connectivity index (χ2n) is 3.76. The van der Waals surface area contributed by atoms with Gasteiger partial charge in [-0.2, -0.15) is 0 Å². The molecule has 0 saturated heterocycles. The van der Waals surface area contributed by atoms with Crippen LogP contribution in [-0.4, -0.2) is 17.9 Å². The van der Waals surface area contributed by atoms with E-state index >= 15 is 0 Å². The Morgan fingerprint density at radius 1 is 1.21 bits per heavy atom. The van der Waals surface area contributed by atoms with Crippen molar-refractivity contribution < 1.29 is 4.74 Å². The molecule has 1 aromatic carbocycles. The maximum Gasteiger partial charge on any atom is 0.259 e. The fraction of sp³-hybridized carbons (Fsp3) is 0.0769. The molecule has 100 valence electrons. The molecule has 2 aromatic rings. The zero-order valence-corrected chi connectivity index (χ0v) is 11.1. The number of benzene rings is 1. The zero-order valence-electron chi connectivity index (χ0n) is 10.3. The number of nitrogen functional groups attached to an aromatic ring is 1. The van der Waals surface area contributed by atoms with Crippen molar-refractivity contribution in [3.05, 3.63) is 52.3 Å². The number of aromatic nitrogens is 1. The molecule has 2 rings (SSSR count). The molecule has 0 unspecified atom stereocenters. The summed E-state index contributed by atoms with van der Waals surface area (Å²) in [5, 5.41) is 7.25. The van der Waals surface area contributed by atoms with Gasteiger partial charge in [0.05, 0.1) is 12.7 Å². The molecule has 0 spiro atoms. The molecule has 1 heterocycles. The first-order chi connectivity index (χ1) is 8.61. The molecule has 0 fully saturated rings. The lowest BCUT2D eigenvalue weighted by Crippen LogP contribution is -2.23. The van der Waals surface area contributed by atoms with Gasteiger partial charge in [-0.1, -0.05) is 0 Å². The Bertz CT molecular complexity index is 635. The van der Waals surface area contributed by atoms with E-state index in [1.165, 1.54) is 0 Å². The number of rotatable bonds is 3. The van der Waals surface area contributed by atoms with Gasteiger partial charge in [-0.25, -0.2) is 0 Å². The number of nitrogens with one attached hydrogen (secondary N) is 2. The van der Waals surface area contributed by atoms with Crippen molar-refractivity contribution in [2.24, 2.45) is 5.73 Å². The van der Waals surface area contributed by atoms with Crippen LogP contribution in [0.15, 0.2) is 41.2 Å². The average Bonchev–Trinajstić information content (AvgIpc) is 2.38. The second kappa shape index (κ2) is 6.06. The molecule has 0 atom stereocenters. The number of halogens is 1. The first kappa shape index (κ1) is 14.8. The van der Waals surface area contributed by atoms with Crippen LogP contribution in [0.2, 0.25) is 0 Å². The summed E-state index contributed by atoms with van der Waals surface area (Å²) >= 11 is 0. The zero-order chi connectivity index (χ0) is 13.1. The highest BCUT2D eigenvalue weighted by Crippen LogP contribution is 2.19. The highest BCUT2D eigenvalue weighted by atomic mass is 35.5. The van der Waals surface area contributed by atoms with E-state index in [2.05, 4.69) is 4.98 Å². The first-order valence-corrected chi connectivity index (χ1v) is 5.34. The molecule has 6 heteroatoms. The number of H-pyrrole nitrogens is 1. The molecule has 0 aliphatic rings. The van der Waals surface area contributed by atoms with Gasteiger partial charge in [0.25, 0.3) is 5.56 Å². The van der Waals surface area contributed by atoms with E-state index < -0.39 is 0 Å². The minimum Gasteiger partial charge on any atom is -0.497 e. The second-order valence-corrected chi connectivity index (χ2v) is 3.76. The Hall–Kier alpha value is -2.27. The van der Waals surface area contributed by atoms with E-state index in [4.69, 9.17) is 15.9 Å². The topological polar surface area (TPSA) is 92.0 Å². The molecular formula is C13H14ClN3O2. The summed E-state index contributed by atoms with van der Waals surface area (Å²) in [4.78, 5) is 14.4. The maximum atomic E-state index is 11.7. The van der Waals surface area contributed by atoms with Crippen molar-refractivity contribution in [3.63, 3.8) is 0 Å². The van der Waals surface area contributed by atoms with Crippen LogP contribution >= 0.6 is 12.4 Å². The Morgan fingerprint density at radius 3 is 2.32 bits per heavy atom. The third-order valence-electron chi connectivity index (χ3n) is 2.60. The van der Waals surface area contributed by atoms with Crippen molar-refractivity contribution in [3.8, 4) is 17.0 Å². The normalized spacial score (nSPS) is 9.53. The van der Waals surface area contributed by atoms with Gasteiger partial charge in [-0.3, -0.25) is 10.2 Å². The lowest BCUT2D eigenvalue weighted by molar-refractivity contribution is 0.415. The fourth-order valence-electron chi connectivity index (χ4n) is 1.62. The lowest BCUT2D eigenvalue weighted by atomic mass is 10.1. The summed E-state index contributed by atoms with van der Waals surface area (Å²) < 4.78 is 5.06. The number of hydrogen-bond acceptors (Lipinski definition) is 3. The number of pyridine rings is 1. The number of ether oxygens (including phenoxy) is 1. The number of aromatic amines is 1. The molecule has 1 aromatic heterocycles. The Kier molecular flexibility index (Phi) is 4.72. The summed E-state index contributed by atoms with van der Waals surface area (Å²) in [5.74, 6) is 0.513. The van der Waals surface area contributed by atoms with Crippen molar-refractivity contribution in [1.29, 1.82) is 5.41 Å². The predicted molar refractivity (Wildman–Crippen MR) is 77.3 cm³/mol. The lowest BCUT2D eigenvalue weighted by Gasteiger charge is -2.04. The van der Waals surface area contributed by atoms with Gasteiger partial charge in [0.2, 0.25) is 0 Å². The smallest absolute Gasteiger partial charge is 0.259 e. The van der Waals surface area contributed by atoms with Gasteiger partial charge in [0, 0.05) is 5.69 Å². The molecule has 0 saturated carbocycles. The molecule has 5 nitrogen and oxygen atoms in total. The van der Waals surface area contributed by atoms with E-state index in [1.807, 2.05) is 24.3 Å². The quantitative estimate of drug-likeness (QED) is 0.590. The number of methoxy groups -OCH3 is 1. The molecule has 0 bridgehead atoms. The molecule has 0 amide bonds. The van der Waals surface area contributed by atoms with Crippen molar-refractivity contribution in [1.82, 2.24) is 4.98 Å². The standard InChI is InChI=1S/C13H13N3O2.ClH/c1-18-9-4-2-8(3-5-9)11-7-6-10(12(14)15)13(17)16-11;/h2-7H,1H3,(H3,14,15)(H,16,17);1H. The SMILES string of the molecule is COc1ccc(-c2ccc(C(=N)N)c(=O)[nH]2)cc1.Cl. The van der Waals surface area contributed by atoms with E-state index in [1.54, 1.807) is 19.2 Å². The van der Waals surface area contributed by atoms with Crippen LogP contribution in [0.25, 0.3) is 11.3 Å². The summed E-state index contributed by atoms with van der Waals surface area (Å²) in [6.07, 6.45) is 0. The molecule has 0 aliphatic carbocycles. The number of hydrogen-bond donors (Lipinski definition) is 3. The van der Waals surface area contributed by atoms with Crippen LogP contribution < -0.4 is 16.0 Å². The Labute approximate surface area is 116 Å². The Balaban J connectivity index is 0.00000180. The van der Waals surface area contributed by atoms with Gasteiger partial charge < -0.3 is 15.5 Å². The maximum absolute atomic E-state index is 11.7. The first-order valence-electron chi connectivity index (χ1n) is 5.34. The average molecular weight is 280 g/mol. The fourth-order valence-corrected chi connectivity index (χ4v) is 1.62. The van der Waals surface area contributed by atoms with E-state index in [9.17, 15) is 4.79 Å². The molecule has 4 N–H and O–H groups in total. The van der Waals surface area contributed by atoms with Crippen LogP contribution in [0.4, 0.5) is 0 Å². The van der Waals surface area contributed by atoms with E-state index in [0.29, 0.717) is 5.69 Å². The third kappa shape index (κ3) is 3.14. The van der Waals surface area contributed by atoms with Crippen LogP contribution in [0.1, 0.15) is 5.56 Å². The van der Waals surface area contributed by atoms with E-state index in [0.717, 1.165) is 11.3 Å².